The van der Waals surface area contributed by atoms with Crippen molar-refractivity contribution >= 4 is 11.7 Å². The lowest BCUT2D eigenvalue weighted by molar-refractivity contribution is -0.122. The molecule has 0 aliphatic carbocycles. The maximum atomic E-state index is 12.7. The van der Waals surface area contributed by atoms with E-state index in [1.807, 2.05) is 49.3 Å². The van der Waals surface area contributed by atoms with E-state index in [-0.39, 0.29) is 17.9 Å². The molecule has 0 saturated heterocycles. The monoisotopic (exact) mass is 404 g/mol. The van der Waals surface area contributed by atoms with Crippen LogP contribution in [0.25, 0.3) is 11.4 Å². The number of rotatable bonds is 8. The molecule has 0 bridgehead atoms. The van der Waals surface area contributed by atoms with Gasteiger partial charge < -0.3 is 10.2 Å². The van der Waals surface area contributed by atoms with Gasteiger partial charge in [0.1, 0.15) is 5.82 Å². The third-order valence-electron chi connectivity index (χ3n) is 4.82. The topological polar surface area (TPSA) is 83.9 Å². The number of aryl methyl sites for hydroxylation is 1. The number of aromatic nitrogens is 4. The Hall–Kier alpha value is -3.35. The second kappa shape index (κ2) is 9.91. The summed E-state index contributed by atoms with van der Waals surface area (Å²) in [6, 6.07) is 9.37. The van der Waals surface area contributed by atoms with E-state index in [0.29, 0.717) is 18.7 Å². The Kier molecular flexibility index (Phi) is 7.06. The van der Waals surface area contributed by atoms with Crippen molar-refractivity contribution in [3.63, 3.8) is 0 Å². The van der Waals surface area contributed by atoms with Gasteiger partial charge in [0, 0.05) is 56.9 Å². The molecule has 7 heteroatoms. The highest BCUT2D eigenvalue weighted by molar-refractivity contribution is 5.76. The summed E-state index contributed by atoms with van der Waals surface area (Å²) < 4.78 is 0. The number of nitrogens with zero attached hydrogens (tertiary/aromatic N) is 5. The molecule has 7 nitrogen and oxygen atoms in total. The zero-order chi connectivity index (χ0) is 21.5. The van der Waals surface area contributed by atoms with Crippen LogP contribution in [0.2, 0.25) is 0 Å². The molecule has 3 aromatic heterocycles. The van der Waals surface area contributed by atoms with E-state index in [0.717, 1.165) is 22.6 Å². The fourth-order valence-corrected chi connectivity index (χ4v) is 3.11. The quantitative estimate of drug-likeness (QED) is 0.619. The molecule has 30 heavy (non-hydrogen) atoms. The average Bonchev–Trinajstić information content (AvgIpc) is 2.76. The molecule has 0 fully saturated rings. The van der Waals surface area contributed by atoms with Gasteiger partial charge in [-0.1, -0.05) is 13.8 Å². The van der Waals surface area contributed by atoms with Crippen molar-refractivity contribution in [3.8, 4) is 11.4 Å². The third kappa shape index (κ3) is 5.59. The van der Waals surface area contributed by atoms with Crippen molar-refractivity contribution in [3.05, 3.63) is 66.4 Å². The summed E-state index contributed by atoms with van der Waals surface area (Å²) in [7, 11) is 3.89. The molecule has 0 aromatic carbocycles. The van der Waals surface area contributed by atoms with Gasteiger partial charge in [-0.05, 0) is 42.2 Å². The highest BCUT2D eigenvalue weighted by Gasteiger charge is 2.22. The average molecular weight is 405 g/mol. The molecule has 156 valence electrons. The number of carbonyl (C=O) groups excluding carboxylic acids is 1. The van der Waals surface area contributed by atoms with Crippen LogP contribution in [0.4, 0.5) is 5.82 Å². The van der Waals surface area contributed by atoms with Gasteiger partial charge in [0.2, 0.25) is 5.91 Å². The molecular weight excluding hydrogens is 376 g/mol. The summed E-state index contributed by atoms with van der Waals surface area (Å²) in [6.07, 6.45) is 8.02. The Labute approximate surface area is 177 Å². The molecule has 3 aromatic rings. The first kappa shape index (κ1) is 21.4. The van der Waals surface area contributed by atoms with Gasteiger partial charge in [-0.3, -0.25) is 14.8 Å². The van der Waals surface area contributed by atoms with Crippen LogP contribution in [0.3, 0.4) is 0 Å². The Bertz CT molecular complexity index is 960. The second-order valence-corrected chi connectivity index (χ2v) is 7.75. The molecule has 1 atom stereocenters. The zero-order valence-corrected chi connectivity index (χ0v) is 17.9. The summed E-state index contributed by atoms with van der Waals surface area (Å²) >= 11 is 0. The molecule has 3 rings (SSSR count). The number of carbonyl (C=O) groups is 1. The highest BCUT2D eigenvalue weighted by Crippen LogP contribution is 2.26. The van der Waals surface area contributed by atoms with E-state index in [2.05, 4.69) is 34.1 Å². The third-order valence-corrected chi connectivity index (χ3v) is 4.82. The van der Waals surface area contributed by atoms with Gasteiger partial charge in [0.25, 0.3) is 0 Å². The van der Waals surface area contributed by atoms with Crippen LogP contribution < -0.4 is 10.2 Å². The fourth-order valence-electron chi connectivity index (χ4n) is 3.11. The smallest absolute Gasteiger partial charge is 0.220 e. The standard InChI is InChI=1S/C23H28N6O/c1-16(2)22(28-21(30)6-5-17-7-11-24-12-8-17)19-15-20(29(3)4)27-23(26-19)18-9-13-25-14-10-18/h7-16,22H,5-6H2,1-4H3,(H,28,30)/t22-/m0/s1. The summed E-state index contributed by atoms with van der Waals surface area (Å²) in [6.45, 7) is 4.16. The molecule has 0 unspecified atom stereocenters. The number of amides is 1. The van der Waals surface area contributed by atoms with Crippen molar-refractivity contribution in [2.45, 2.75) is 32.7 Å². The van der Waals surface area contributed by atoms with E-state index < -0.39 is 0 Å². The maximum Gasteiger partial charge on any atom is 0.220 e. The van der Waals surface area contributed by atoms with Crippen LogP contribution >= 0.6 is 0 Å². The number of hydrogen-bond donors (Lipinski definition) is 1. The van der Waals surface area contributed by atoms with Crippen molar-refractivity contribution in [2.24, 2.45) is 5.92 Å². The molecule has 0 spiro atoms. The minimum Gasteiger partial charge on any atom is -0.363 e. The van der Waals surface area contributed by atoms with Gasteiger partial charge in [-0.15, -0.1) is 0 Å². The lowest BCUT2D eigenvalue weighted by atomic mass is 9.99. The largest absolute Gasteiger partial charge is 0.363 e. The molecule has 0 aliphatic heterocycles. The van der Waals surface area contributed by atoms with Crippen molar-refractivity contribution in [1.82, 2.24) is 25.3 Å². The second-order valence-electron chi connectivity index (χ2n) is 7.75. The Morgan fingerprint density at radius 1 is 1.00 bits per heavy atom. The van der Waals surface area contributed by atoms with Gasteiger partial charge in [-0.25, -0.2) is 9.97 Å². The maximum absolute atomic E-state index is 12.7. The van der Waals surface area contributed by atoms with E-state index in [4.69, 9.17) is 4.98 Å². The molecular formula is C23H28N6O. The lowest BCUT2D eigenvalue weighted by Gasteiger charge is -2.24. The van der Waals surface area contributed by atoms with E-state index >= 15 is 0 Å². The fraction of sp³-hybridized carbons (Fsp3) is 0.348. The predicted molar refractivity (Wildman–Crippen MR) is 118 cm³/mol. The summed E-state index contributed by atoms with van der Waals surface area (Å²) in [5.41, 5.74) is 2.78. The van der Waals surface area contributed by atoms with Crippen LogP contribution in [0.15, 0.2) is 55.1 Å². The number of anilines is 1. The molecule has 3 heterocycles. The first-order chi connectivity index (χ1) is 14.4. The molecule has 1 amide bonds. The minimum absolute atomic E-state index is 0.000915. The SMILES string of the molecule is CC(C)[C@H](NC(=O)CCc1ccncc1)c1cc(N(C)C)nc(-c2ccncc2)n1. The Balaban J connectivity index is 1.84. The van der Waals surface area contributed by atoms with Crippen molar-refractivity contribution < 1.29 is 4.79 Å². The highest BCUT2D eigenvalue weighted by atomic mass is 16.1. The first-order valence-corrected chi connectivity index (χ1v) is 10.1. The summed E-state index contributed by atoms with van der Waals surface area (Å²) in [5.74, 6) is 1.59. The first-order valence-electron chi connectivity index (χ1n) is 10.1. The Morgan fingerprint density at radius 2 is 1.63 bits per heavy atom. The predicted octanol–water partition coefficient (Wildman–Crippen LogP) is 3.45. The van der Waals surface area contributed by atoms with Crippen LogP contribution in [-0.4, -0.2) is 39.9 Å². The number of nitrogens with one attached hydrogen (secondary N) is 1. The lowest BCUT2D eigenvalue weighted by Crippen LogP contribution is -2.33. The van der Waals surface area contributed by atoms with Gasteiger partial charge in [-0.2, -0.15) is 0 Å². The summed E-state index contributed by atoms with van der Waals surface area (Å²) in [5, 5.41) is 3.17. The van der Waals surface area contributed by atoms with Crippen LogP contribution in [-0.2, 0) is 11.2 Å². The molecule has 0 aliphatic rings. The zero-order valence-electron chi connectivity index (χ0n) is 17.9. The minimum atomic E-state index is -0.211. The van der Waals surface area contributed by atoms with E-state index in [1.165, 1.54) is 0 Å². The van der Waals surface area contributed by atoms with Crippen LogP contribution in [0.5, 0.6) is 0 Å². The van der Waals surface area contributed by atoms with Crippen molar-refractivity contribution in [2.75, 3.05) is 19.0 Å². The number of pyridine rings is 2. The van der Waals surface area contributed by atoms with Crippen molar-refractivity contribution in [1.29, 1.82) is 0 Å². The molecule has 0 saturated carbocycles. The van der Waals surface area contributed by atoms with Gasteiger partial charge >= 0.3 is 0 Å². The van der Waals surface area contributed by atoms with Crippen LogP contribution in [0.1, 0.15) is 37.6 Å². The molecule has 1 N–H and O–H groups in total. The number of hydrogen-bond acceptors (Lipinski definition) is 6. The van der Waals surface area contributed by atoms with Gasteiger partial charge in [0.05, 0.1) is 11.7 Å². The van der Waals surface area contributed by atoms with E-state index in [1.54, 1.807) is 24.8 Å². The van der Waals surface area contributed by atoms with Crippen LogP contribution in [0, 0.1) is 5.92 Å². The Morgan fingerprint density at radius 3 is 2.23 bits per heavy atom. The molecule has 0 radical (unpaired) electrons. The van der Waals surface area contributed by atoms with E-state index in [9.17, 15) is 4.79 Å². The normalized spacial score (nSPS) is 11.9. The van der Waals surface area contributed by atoms with Gasteiger partial charge in [0.15, 0.2) is 5.82 Å². The summed E-state index contributed by atoms with van der Waals surface area (Å²) in [4.78, 5) is 32.2.